The Morgan fingerprint density at radius 2 is 1.38 bits per heavy atom. The number of aromatic nitrogens is 3. The highest BCUT2D eigenvalue weighted by atomic mass is 32.1. The molecule has 0 spiro atoms. The highest BCUT2D eigenvalue weighted by Gasteiger charge is 2.16. The molecule has 0 saturated carbocycles. The van der Waals surface area contributed by atoms with E-state index in [1.165, 1.54) is 11.3 Å². The number of anilines is 1. The molecule has 0 atom stereocenters. The molecule has 184 valence electrons. The van der Waals surface area contributed by atoms with Crippen molar-refractivity contribution in [2.24, 2.45) is 0 Å². The van der Waals surface area contributed by atoms with Crippen LogP contribution in [0.5, 0.6) is 0 Å². The SMILES string of the molecule is Cc1ccc(-c2nc3ccc(C(=O)OCC(=O)Nc4nc(C)cs4)cc3nc2-c2ccc(C)cc2)cc1. The van der Waals surface area contributed by atoms with Crippen LogP contribution < -0.4 is 5.32 Å². The van der Waals surface area contributed by atoms with Crippen molar-refractivity contribution < 1.29 is 14.3 Å². The summed E-state index contributed by atoms with van der Waals surface area (Å²) in [4.78, 5) is 38.8. The first-order chi connectivity index (χ1) is 17.9. The molecule has 2 aromatic heterocycles. The molecular formula is C29H24N4O3S. The van der Waals surface area contributed by atoms with E-state index in [0.717, 1.165) is 39.3 Å². The average Bonchev–Trinajstić information content (AvgIpc) is 3.31. The molecule has 0 unspecified atom stereocenters. The van der Waals surface area contributed by atoms with Gasteiger partial charge in [-0.15, -0.1) is 11.3 Å². The summed E-state index contributed by atoms with van der Waals surface area (Å²) < 4.78 is 5.23. The summed E-state index contributed by atoms with van der Waals surface area (Å²) in [6.07, 6.45) is 0. The van der Waals surface area contributed by atoms with Crippen molar-refractivity contribution in [1.29, 1.82) is 0 Å². The molecule has 3 aromatic carbocycles. The van der Waals surface area contributed by atoms with Gasteiger partial charge in [0.2, 0.25) is 0 Å². The van der Waals surface area contributed by atoms with Crippen LogP contribution in [0.2, 0.25) is 0 Å². The summed E-state index contributed by atoms with van der Waals surface area (Å²) in [5.41, 5.74) is 7.99. The van der Waals surface area contributed by atoms with E-state index >= 15 is 0 Å². The lowest BCUT2D eigenvalue weighted by Crippen LogP contribution is -2.20. The summed E-state index contributed by atoms with van der Waals surface area (Å²) in [7, 11) is 0. The summed E-state index contributed by atoms with van der Waals surface area (Å²) in [5, 5.41) is 4.91. The number of carbonyl (C=O) groups is 2. The van der Waals surface area contributed by atoms with Crippen LogP contribution in [-0.4, -0.2) is 33.4 Å². The minimum absolute atomic E-state index is 0.289. The zero-order chi connectivity index (χ0) is 25.9. The lowest BCUT2D eigenvalue weighted by Gasteiger charge is -2.12. The third-order valence-electron chi connectivity index (χ3n) is 5.75. The van der Waals surface area contributed by atoms with Crippen molar-refractivity contribution in [3.8, 4) is 22.5 Å². The van der Waals surface area contributed by atoms with Gasteiger partial charge in [-0.3, -0.25) is 10.1 Å². The zero-order valence-corrected chi connectivity index (χ0v) is 21.4. The fourth-order valence-electron chi connectivity index (χ4n) is 3.79. The average molecular weight is 509 g/mol. The molecule has 7 nitrogen and oxygen atoms in total. The number of amides is 1. The lowest BCUT2D eigenvalue weighted by atomic mass is 10.0. The van der Waals surface area contributed by atoms with E-state index in [0.29, 0.717) is 16.2 Å². The van der Waals surface area contributed by atoms with Crippen molar-refractivity contribution in [2.45, 2.75) is 20.8 Å². The van der Waals surface area contributed by atoms with Crippen LogP contribution >= 0.6 is 11.3 Å². The maximum atomic E-state index is 12.7. The number of ether oxygens (including phenoxy) is 1. The van der Waals surface area contributed by atoms with Crippen LogP contribution in [0.3, 0.4) is 0 Å². The number of nitrogens with one attached hydrogen (secondary N) is 1. The van der Waals surface area contributed by atoms with Crippen molar-refractivity contribution in [1.82, 2.24) is 15.0 Å². The van der Waals surface area contributed by atoms with Crippen LogP contribution in [-0.2, 0) is 9.53 Å². The number of aryl methyl sites for hydroxylation is 3. The Labute approximate surface area is 218 Å². The topological polar surface area (TPSA) is 94.1 Å². The van der Waals surface area contributed by atoms with Gasteiger partial charge >= 0.3 is 5.97 Å². The maximum Gasteiger partial charge on any atom is 0.338 e. The Morgan fingerprint density at radius 3 is 1.95 bits per heavy atom. The van der Waals surface area contributed by atoms with E-state index in [2.05, 4.69) is 10.3 Å². The van der Waals surface area contributed by atoms with E-state index in [1.807, 2.05) is 74.7 Å². The molecule has 37 heavy (non-hydrogen) atoms. The Morgan fingerprint density at radius 1 is 0.784 bits per heavy atom. The van der Waals surface area contributed by atoms with Crippen molar-refractivity contribution in [2.75, 3.05) is 11.9 Å². The molecular weight excluding hydrogens is 484 g/mol. The van der Waals surface area contributed by atoms with Gasteiger partial charge in [0, 0.05) is 16.5 Å². The van der Waals surface area contributed by atoms with Crippen LogP contribution in [0.4, 0.5) is 5.13 Å². The standard InChI is InChI=1S/C29H24N4O3S/c1-17-4-8-20(9-5-17)26-27(21-10-6-18(2)7-11-21)32-24-14-22(12-13-23(24)31-26)28(35)36-15-25(34)33-29-30-19(3)16-37-29/h4-14,16H,15H2,1-3H3,(H,30,33,34). The van der Waals surface area contributed by atoms with Crippen molar-refractivity contribution in [3.63, 3.8) is 0 Å². The number of hydrogen-bond donors (Lipinski definition) is 1. The van der Waals surface area contributed by atoms with Gasteiger partial charge in [0.15, 0.2) is 11.7 Å². The predicted molar refractivity (Wildman–Crippen MR) is 146 cm³/mol. The molecule has 0 saturated heterocycles. The highest BCUT2D eigenvalue weighted by Crippen LogP contribution is 2.31. The second kappa shape index (κ2) is 10.3. The Hall–Kier alpha value is -4.43. The van der Waals surface area contributed by atoms with Gasteiger partial charge < -0.3 is 4.74 Å². The summed E-state index contributed by atoms with van der Waals surface area (Å²) in [6.45, 7) is 5.50. The number of fused-ring (bicyclic) bond motifs is 1. The van der Waals surface area contributed by atoms with E-state index in [1.54, 1.807) is 18.2 Å². The first kappa shape index (κ1) is 24.3. The van der Waals surface area contributed by atoms with Crippen LogP contribution in [0, 0.1) is 20.8 Å². The highest BCUT2D eigenvalue weighted by molar-refractivity contribution is 7.13. The van der Waals surface area contributed by atoms with E-state index in [4.69, 9.17) is 14.7 Å². The van der Waals surface area contributed by atoms with Gasteiger partial charge in [0.25, 0.3) is 5.91 Å². The lowest BCUT2D eigenvalue weighted by molar-refractivity contribution is -0.119. The maximum absolute atomic E-state index is 12.7. The second-order valence-corrected chi connectivity index (χ2v) is 9.63. The van der Waals surface area contributed by atoms with Gasteiger partial charge in [-0.05, 0) is 39.0 Å². The Bertz CT molecular complexity index is 1610. The molecule has 5 aromatic rings. The molecule has 0 bridgehead atoms. The third kappa shape index (κ3) is 5.54. The molecule has 0 fully saturated rings. The summed E-state index contributed by atoms with van der Waals surface area (Å²) in [6, 6.07) is 21.3. The van der Waals surface area contributed by atoms with Crippen molar-refractivity contribution in [3.05, 3.63) is 94.5 Å². The van der Waals surface area contributed by atoms with Crippen LogP contribution in [0.25, 0.3) is 33.5 Å². The van der Waals surface area contributed by atoms with Gasteiger partial charge in [-0.2, -0.15) is 0 Å². The van der Waals surface area contributed by atoms with E-state index in [9.17, 15) is 9.59 Å². The first-order valence-corrected chi connectivity index (χ1v) is 12.6. The first-order valence-electron chi connectivity index (χ1n) is 11.7. The summed E-state index contributed by atoms with van der Waals surface area (Å²) >= 11 is 1.31. The Balaban J connectivity index is 1.44. The number of rotatable bonds is 6. The summed E-state index contributed by atoms with van der Waals surface area (Å²) in [5.74, 6) is -1.07. The molecule has 2 heterocycles. The number of nitrogens with zero attached hydrogens (tertiary/aromatic N) is 3. The van der Waals surface area contributed by atoms with Gasteiger partial charge in [0.1, 0.15) is 0 Å². The molecule has 1 N–H and O–H groups in total. The van der Waals surface area contributed by atoms with E-state index in [-0.39, 0.29) is 5.56 Å². The number of benzene rings is 3. The number of carbonyl (C=O) groups excluding carboxylic acids is 2. The minimum atomic E-state index is -0.617. The number of thiazole rings is 1. The zero-order valence-electron chi connectivity index (χ0n) is 20.6. The monoisotopic (exact) mass is 508 g/mol. The van der Waals surface area contributed by atoms with Crippen LogP contribution in [0.1, 0.15) is 27.2 Å². The van der Waals surface area contributed by atoms with Gasteiger partial charge in [-0.1, -0.05) is 59.7 Å². The molecule has 0 aliphatic heterocycles. The predicted octanol–water partition coefficient (Wildman–Crippen LogP) is 6.14. The number of esters is 1. The molecule has 0 radical (unpaired) electrons. The normalized spacial score (nSPS) is 10.9. The van der Waals surface area contributed by atoms with Gasteiger partial charge in [-0.25, -0.2) is 19.7 Å². The third-order valence-corrected chi connectivity index (χ3v) is 6.63. The van der Waals surface area contributed by atoms with E-state index < -0.39 is 18.5 Å². The molecule has 0 aliphatic rings. The largest absolute Gasteiger partial charge is 0.452 e. The molecule has 1 amide bonds. The fraction of sp³-hybridized carbons (Fsp3) is 0.138. The van der Waals surface area contributed by atoms with Gasteiger partial charge in [0.05, 0.1) is 33.7 Å². The fourth-order valence-corrected chi connectivity index (χ4v) is 4.49. The smallest absolute Gasteiger partial charge is 0.338 e. The molecule has 8 heteroatoms. The van der Waals surface area contributed by atoms with Crippen LogP contribution in [0.15, 0.2) is 72.1 Å². The van der Waals surface area contributed by atoms with Crippen molar-refractivity contribution >= 4 is 39.4 Å². The molecule has 0 aliphatic carbocycles. The molecule has 5 rings (SSSR count). The Kier molecular flexibility index (Phi) is 6.74. The second-order valence-electron chi connectivity index (χ2n) is 8.77. The quantitative estimate of drug-likeness (QED) is 0.277. The number of hydrogen-bond acceptors (Lipinski definition) is 7. The minimum Gasteiger partial charge on any atom is -0.452 e.